The van der Waals surface area contributed by atoms with Crippen molar-refractivity contribution in [1.82, 2.24) is 4.90 Å². The number of nitrogens with two attached hydrogens (primary N) is 1. The van der Waals surface area contributed by atoms with Gasteiger partial charge in [0.2, 0.25) is 0 Å². The van der Waals surface area contributed by atoms with Crippen molar-refractivity contribution in [2.75, 3.05) is 19.6 Å². The van der Waals surface area contributed by atoms with E-state index in [1.165, 1.54) is 70.9 Å². The average Bonchev–Trinajstić information content (AvgIpc) is 2.47. The molecule has 0 radical (unpaired) electrons. The Bertz CT molecular complexity index is 221. The van der Waals surface area contributed by atoms with Gasteiger partial charge in [-0.15, -0.1) is 0 Å². The van der Waals surface area contributed by atoms with E-state index in [4.69, 9.17) is 5.73 Å². The molecule has 0 aliphatic heterocycles. The van der Waals surface area contributed by atoms with Gasteiger partial charge in [-0.2, -0.15) is 0 Å². The highest BCUT2D eigenvalue weighted by atomic mass is 15.1. The van der Waals surface area contributed by atoms with Crippen molar-refractivity contribution < 1.29 is 0 Å². The van der Waals surface area contributed by atoms with Crippen LogP contribution >= 0.6 is 0 Å². The molecule has 2 N–H and O–H groups in total. The van der Waals surface area contributed by atoms with E-state index >= 15 is 0 Å². The topological polar surface area (TPSA) is 29.3 Å². The van der Waals surface area contributed by atoms with Crippen LogP contribution in [0.25, 0.3) is 0 Å². The first-order chi connectivity index (χ1) is 9.17. The molecule has 0 aromatic carbocycles. The summed E-state index contributed by atoms with van der Waals surface area (Å²) in [7, 11) is 0. The molecule has 1 rings (SSSR count). The summed E-state index contributed by atoms with van der Waals surface area (Å²) in [5.41, 5.74) is 6.58. The van der Waals surface area contributed by atoms with Crippen LogP contribution in [0.15, 0.2) is 0 Å². The summed E-state index contributed by atoms with van der Waals surface area (Å²) in [5, 5.41) is 0. The Balaban J connectivity index is 2.48. The maximum atomic E-state index is 6.11. The normalized spacial score (nSPS) is 20.7. The number of hydrogen-bond donors (Lipinski definition) is 1. The van der Waals surface area contributed by atoms with Gasteiger partial charge < -0.3 is 10.6 Å². The third kappa shape index (κ3) is 5.43. The van der Waals surface area contributed by atoms with Crippen LogP contribution in [-0.2, 0) is 0 Å². The molecule has 1 aliphatic rings. The summed E-state index contributed by atoms with van der Waals surface area (Å²) in [5.74, 6) is 0. The zero-order valence-corrected chi connectivity index (χ0v) is 13.6. The van der Waals surface area contributed by atoms with E-state index in [0.717, 1.165) is 12.6 Å². The van der Waals surface area contributed by atoms with E-state index in [2.05, 4.69) is 25.7 Å². The lowest BCUT2D eigenvalue weighted by molar-refractivity contribution is 0.125. The molecule has 19 heavy (non-hydrogen) atoms. The molecule has 2 heteroatoms. The third-order valence-corrected chi connectivity index (χ3v) is 5.29. The number of rotatable bonds is 9. The minimum atomic E-state index is 0.468. The molecular weight excluding hydrogens is 232 g/mol. The Labute approximate surface area is 121 Å². The van der Waals surface area contributed by atoms with Crippen molar-refractivity contribution in [3.05, 3.63) is 0 Å². The van der Waals surface area contributed by atoms with Gasteiger partial charge in [0.05, 0.1) is 0 Å². The SMILES string of the molecule is CCCCN(CCC1(CN)CCCCC1)C(C)CC. The number of hydrogen-bond acceptors (Lipinski definition) is 2. The molecule has 0 heterocycles. The van der Waals surface area contributed by atoms with Crippen LogP contribution in [0.1, 0.15) is 78.6 Å². The Hall–Kier alpha value is -0.0800. The van der Waals surface area contributed by atoms with Crippen LogP contribution in [-0.4, -0.2) is 30.6 Å². The van der Waals surface area contributed by atoms with Gasteiger partial charge in [-0.1, -0.05) is 39.5 Å². The molecule has 0 saturated heterocycles. The van der Waals surface area contributed by atoms with Crippen LogP contribution in [0.2, 0.25) is 0 Å². The largest absolute Gasteiger partial charge is 0.330 e. The van der Waals surface area contributed by atoms with Crippen LogP contribution in [0.4, 0.5) is 0 Å². The van der Waals surface area contributed by atoms with Gasteiger partial charge in [0.25, 0.3) is 0 Å². The third-order valence-electron chi connectivity index (χ3n) is 5.29. The first kappa shape index (κ1) is 17.0. The molecule has 0 spiro atoms. The summed E-state index contributed by atoms with van der Waals surface area (Å²) in [6, 6.07) is 0.727. The summed E-state index contributed by atoms with van der Waals surface area (Å²) in [6.45, 7) is 10.4. The van der Waals surface area contributed by atoms with Crippen molar-refractivity contribution >= 4 is 0 Å². The predicted octanol–water partition coefficient (Wildman–Crippen LogP) is 4.19. The Morgan fingerprint density at radius 2 is 1.79 bits per heavy atom. The van der Waals surface area contributed by atoms with Crippen LogP contribution in [0, 0.1) is 5.41 Å². The smallest absolute Gasteiger partial charge is 0.00643 e. The van der Waals surface area contributed by atoms with Crippen molar-refractivity contribution in [3.63, 3.8) is 0 Å². The van der Waals surface area contributed by atoms with Crippen molar-refractivity contribution in [2.45, 2.75) is 84.6 Å². The van der Waals surface area contributed by atoms with Crippen molar-refractivity contribution in [2.24, 2.45) is 11.1 Å². The quantitative estimate of drug-likeness (QED) is 0.679. The zero-order chi connectivity index (χ0) is 14.1. The molecule has 1 atom stereocenters. The maximum absolute atomic E-state index is 6.11. The minimum Gasteiger partial charge on any atom is -0.330 e. The zero-order valence-electron chi connectivity index (χ0n) is 13.6. The first-order valence-corrected chi connectivity index (χ1v) is 8.61. The highest BCUT2D eigenvalue weighted by molar-refractivity contribution is 4.85. The van der Waals surface area contributed by atoms with Crippen LogP contribution in [0.5, 0.6) is 0 Å². The molecular formula is C17H36N2. The summed E-state index contributed by atoms with van der Waals surface area (Å²) < 4.78 is 0. The van der Waals surface area contributed by atoms with Gasteiger partial charge in [-0.25, -0.2) is 0 Å². The molecule has 1 unspecified atom stereocenters. The second-order valence-corrected chi connectivity index (χ2v) is 6.66. The molecule has 114 valence electrons. The molecule has 2 nitrogen and oxygen atoms in total. The molecule has 1 fully saturated rings. The lowest BCUT2D eigenvalue weighted by Gasteiger charge is -2.39. The molecule has 1 saturated carbocycles. The molecule has 0 amide bonds. The van der Waals surface area contributed by atoms with Crippen LogP contribution < -0.4 is 5.73 Å². The number of unbranched alkanes of at least 4 members (excludes halogenated alkanes) is 1. The average molecular weight is 268 g/mol. The van der Waals surface area contributed by atoms with Gasteiger partial charge in [0.15, 0.2) is 0 Å². The molecule has 0 bridgehead atoms. The van der Waals surface area contributed by atoms with Gasteiger partial charge in [0, 0.05) is 6.04 Å². The Kier molecular flexibility index (Phi) is 8.01. The highest BCUT2D eigenvalue weighted by Gasteiger charge is 2.31. The minimum absolute atomic E-state index is 0.468. The van der Waals surface area contributed by atoms with Gasteiger partial charge in [-0.3, -0.25) is 0 Å². The molecule has 0 aromatic rings. The first-order valence-electron chi connectivity index (χ1n) is 8.61. The standard InChI is InChI=1S/C17H36N2/c1-4-6-13-19(16(3)5-2)14-12-17(15-18)10-8-7-9-11-17/h16H,4-15,18H2,1-3H3. The Morgan fingerprint density at radius 3 is 2.32 bits per heavy atom. The fourth-order valence-electron chi connectivity index (χ4n) is 3.41. The van der Waals surface area contributed by atoms with Crippen molar-refractivity contribution in [1.29, 1.82) is 0 Å². The van der Waals surface area contributed by atoms with E-state index in [-0.39, 0.29) is 0 Å². The predicted molar refractivity (Wildman–Crippen MR) is 85.4 cm³/mol. The van der Waals surface area contributed by atoms with Crippen LogP contribution in [0.3, 0.4) is 0 Å². The fraction of sp³-hybridized carbons (Fsp3) is 1.00. The van der Waals surface area contributed by atoms with Gasteiger partial charge in [-0.05, 0) is 64.1 Å². The highest BCUT2D eigenvalue weighted by Crippen LogP contribution is 2.38. The maximum Gasteiger partial charge on any atom is 0.00643 e. The molecule has 0 aromatic heterocycles. The number of nitrogens with zero attached hydrogens (tertiary/aromatic N) is 1. The van der Waals surface area contributed by atoms with Gasteiger partial charge in [0.1, 0.15) is 0 Å². The second kappa shape index (κ2) is 8.97. The van der Waals surface area contributed by atoms with E-state index in [1.807, 2.05) is 0 Å². The van der Waals surface area contributed by atoms with Crippen molar-refractivity contribution in [3.8, 4) is 0 Å². The van der Waals surface area contributed by atoms with E-state index in [0.29, 0.717) is 5.41 Å². The second-order valence-electron chi connectivity index (χ2n) is 6.66. The van der Waals surface area contributed by atoms with Gasteiger partial charge >= 0.3 is 0 Å². The summed E-state index contributed by atoms with van der Waals surface area (Å²) in [6.07, 6.45) is 12.2. The summed E-state index contributed by atoms with van der Waals surface area (Å²) >= 11 is 0. The molecule has 1 aliphatic carbocycles. The lowest BCUT2D eigenvalue weighted by Crippen LogP contribution is -2.40. The van der Waals surface area contributed by atoms with E-state index < -0.39 is 0 Å². The summed E-state index contributed by atoms with van der Waals surface area (Å²) in [4.78, 5) is 2.70. The lowest BCUT2D eigenvalue weighted by atomic mass is 9.72. The van der Waals surface area contributed by atoms with E-state index in [1.54, 1.807) is 0 Å². The fourth-order valence-corrected chi connectivity index (χ4v) is 3.41. The van der Waals surface area contributed by atoms with E-state index in [9.17, 15) is 0 Å². The Morgan fingerprint density at radius 1 is 1.11 bits per heavy atom. The monoisotopic (exact) mass is 268 g/mol.